The molecule has 0 spiro atoms. The van der Waals surface area contributed by atoms with Crippen LogP contribution in [0.15, 0.2) is 6.07 Å². The van der Waals surface area contributed by atoms with Gasteiger partial charge in [-0.15, -0.1) is 0 Å². The Bertz CT molecular complexity index is 528. The van der Waals surface area contributed by atoms with Crippen molar-refractivity contribution >= 4 is 18.6 Å². The zero-order chi connectivity index (χ0) is 15.8. The zero-order valence-electron chi connectivity index (χ0n) is 13.0. The van der Waals surface area contributed by atoms with Crippen LogP contribution in [0.4, 0.5) is 0 Å². The van der Waals surface area contributed by atoms with E-state index in [-0.39, 0.29) is 16.4 Å². The summed E-state index contributed by atoms with van der Waals surface area (Å²) >= 11 is 4.44. The second kappa shape index (κ2) is 5.68. The van der Waals surface area contributed by atoms with Gasteiger partial charge in [0.25, 0.3) is 0 Å². The van der Waals surface area contributed by atoms with Crippen molar-refractivity contribution in [2.75, 3.05) is 0 Å². The summed E-state index contributed by atoms with van der Waals surface area (Å²) in [6.45, 7) is 11.4. The van der Waals surface area contributed by atoms with E-state index in [0.29, 0.717) is 0 Å². The van der Waals surface area contributed by atoms with Crippen molar-refractivity contribution in [3.63, 3.8) is 0 Å². The molecule has 0 radical (unpaired) electrons. The third kappa shape index (κ3) is 3.11. The van der Waals surface area contributed by atoms with Crippen molar-refractivity contribution < 1.29 is 15.0 Å². The van der Waals surface area contributed by atoms with Gasteiger partial charge in [-0.2, -0.15) is 12.6 Å². The molecule has 0 aromatic heterocycles. The Hall–Kier alpha value is -1.16. The van der Waals surface area contributed by atoms with Gasteiger partial charge in [-0.05, 0) is 48.4 Å². The fourth-order valence-corrected chi connectivity index (χ4v) is 2.81. The van der Waals surface area contributed by atoms with Crippen LogP contribution in [-0.4, -0.2) is 16.2 Å². The van der Waals surface area contributed by atoms with Crippen LogP contribution in [0.1, 0.15) is 68.0 Å². The summed E-state index contributed by atoms with van der Waals surface area (Å²) < 4.78 is 0. The number of phenolic OH excluding ortho intramolecular Hbond substituents is 1. The van der Waals surface area contributed by atoms with Gasteiger partial charge in [-0.25, -0.2) is 0 Å². The Labute approximate surface area is 126 Å². The van der Waals surface area contributed by atoms with Crippen molar-refractivity contribution in [3.05, 3.63) is 28.3 Å². The van der Waals surface area contributed by atoms with Crippen LogP contribution in [0.2, 0.25) is 0 Å². The third-order valence-corrected chi connectivity index (χ3v) is 3.95. The van der Waals surface area contributed by atoms with E-state index >= 15 is 0 Å². The van der Waals surface area contributed by atoms with Crippen molar-refractivity contribution in [3.8, 4) is 5.75 Å². The predicted octanol–water partition coefficient (Wildman–Crippen LogP) is 4.18. The lowest BCUT2D eigenvalue weighted by atomic mass is 9.80. The van der Waals surface area contributed by atoms with E-state index in [1.54, 1.807) is 6.92 Å². The predicted molar refractivity (Wildman–Crippen MR) is 85.0 cm³/mol. The molecule has 0 aliphatic heterocycles. The molecular weight excluding hydrogens is 272 g/mol. The highest BCUT2D eigenvalue weighted by atomic mass is 32.1. The molecule has 1 rings (SSSR count). The summed E-state index contributed by atoms with van der Waals surface area (Å²) in [6, 6.07) is 1.82. The molecule has 0 aliphatic rings. The largest absolute Gasteiger partial charge is 0.507 e. The Morgan fingerprint density at radius 2 is 1.80 bits per heavy atom. The summed E-state index contributed by atoms with van der Waals surface area (Å²) in [5, 5.41) is 19.6. The number of hydrogen-bond acceptors (Lipinski definition) is 3. The number of aromatic hydroxyl groups is 1. The minimum atomic E-state index is -0.870. The van der Waals surface area contributed by atoms with E-state index < -0.39 is 11.9 Å². The Balaban J connectivity index is 3.71. The van der Waals surface area contributed by atoms with Gasteiger partial charge in [0.15, 0.2) is 0 Å². The highest BCUT2D eigenvalue weighted by Gasteiger charge is 2.28. The summed E-state index contributed by atoms with van der Waals surface area (Å²) in [5.74, 6) is -1.25. The molecule has 1 aromatic rings. The molecule has 20 heavy (non-hydrogen) atoms. The summed E-state index contributed by atoms with van der Waals surface area (Å²) in [6.07, 6.45) is 0. The average molecular weight is 296 g/mol. The molecule has 0 bridgehead atoms. The van der Waals surface area contributed by atoms with Gasteiger partial charge < -0.3 is 10.2 Å². The standard InChI is InChI=1S/C16H24O3S/c1-8(15(18)19)11-7-12(16(4,5)6)14(17)9(2)13(11)10(3)20/h7-8,10,17,20H,1-6H3,(H,18,19). The first-order valence-electron chi connectivity index (χ1n) is 6.76. The van der Waals surface area contributed by atoms with E-state index in [0.717, 1.165) is 22.3 Å². The lowest BCUT2D eigenvalue weighted by molar-refractivity contribution is -0.138. The summed E-state index contributed by atoms with van der Waals surface area (Å²) in [7, 11) is 0. The molecule has 0 amide bonds. The highest BCUT2D eigenvalue weighted by Crippen LogP contribution is 2.42. The highest BCUT2D eigenvalue weighted by molar-refractivity contribution is 7.80. The van der Waals surface area contributed by atoms with Crippen molar-refractivity contribution in [2.45, 2.75) is 58.1 Å². The van der Waals surface area contributed by atoms with Crippen LogP contribution >= 0.6 is 12.6 Å². The van der Waals surface area contributed by atoms with Gasteiger partial charge >= 0.3 is 5.97 Å². The number of rotatable bonds is 3. The average Bonchev–Trinajstić information content (AvgIpc) is 2.28. The van der Waals surface area contributed by atoms with Gasteiger partial charge in [0.05, 0.1) is 5.92 Å². The Kier molecular flexibility index (Phi) is 4.80. The van der Waals surface area contributed by atoms with Gasteiger partial charge in [0, 0.05) is 5.25 Å². The summed E-state index contributed by atoms with van der Waals surface area (Å²) in [4.78, 5) is 11.3. The molecule has 0 heterocycles. The molecule has 2 unspecified atom stereocenters. The Morgan fingerprint density at radius 1 is 1.30 bits per heavy atom. The maximum Gasteiger partial charge on any atom is 0.310 e. The number of carboxylic acid groups (broad SMARTS) is 1. The summed E-state index contributed by atoms with van der Waals surface area (Å²) in [5.41, 5.74) is 2.80. The minimum Gasteiger partial charge on any atom is -0.507 e. The number of benzene rings is 1. The topological polar surface area (TPSA) is 57.5 Å². The lowest BCUT2D eigenvalue weighted by Crippen LogP contribution is -2.17. The Morgan fingerprint density at radius 3 is 2.15 bits per heavy atom. The monoisotopic (exact) mass is 296 g/mol. The first kappa shape index (κ1) is 16.9. The maximum atomic E-state index is 11.3. The van der Waals surface area contributed by atoms with Gasteiger partial charge in [-0.3, -0.25) is 4.79 Å². The number of aliphatic carboxylic acids is 1. The van der Waals surface area contributed by atoms with Gasteiger partial charge in [0.2, 0.25) is 0 Å². The van der Waals surface area contributed by atoms with E-state index in [1.165, 1.54) is 0 Å². The molecule has 3 nitrogen and oxygen atoms in total. The first-order valence-corrected chi connectivity index (χ1v) is 7.27. The number of carbonyl (C=O) groups is 1. The van der Waals surface area contributed by atoms with E-state index in [9.17, 15) is 15.0 Å². The molecule has 1 aromatic carbocycles. The van der Waals surface area contributed by atoms with Crippen LogP contribution in [0.3, 0.4) is 0 Å². The molecular formula is C16H24O3S. The molecule has 0 fully saturated rings. The van der Waals surface area contributed by atoms with Crippen LogP contribution in [0.5, 0.6) is 5.75 Å². The number of carboxylic acids is 1. The fraction of sp³-hybridized carbons (Fsp3) is 0.562. The molecule has 0 aliphatic carbocycles. The van der Waals surface area contributed by atoms with Crippen LogP contribution in [0.25, 0.3) is 0 Å². The second-order valence-electron chi connectivity index (χ2n) is 6.39. The molecule has 0 saturated carbocycles. The first-order chi connectivity index (χ1) is 8.98. The second-order valence-corrected chi connectivity index (χ2v) is 7.16. The molecule has 0 saturated heterocycles. The SMILES string of the molecule is Cc1c(O)c(C(C)(C)C)cc(C(C)C(=O)O)c1C(C)S. The van der Waals surface area contributed by atoms with E-state index in [2.05, 4.69) is 12.6 Å². The van der Waals surface area contributed by atoms with Crippen LogP contribution < -0.4 is 0 Å². The van der Waals surface area contributed by atoms with Crippen molar-refractivity contribution in [1.82, 2.24) is 0 Å². The number of phenols is 1. The number of thiol groups is 1. The molecule has 4 heteroatoms. The van der Waals surface area contributed by atoms with E-state index in [1.807, 2.05) is 40.7 Å². The molecule has 112 valence electrons. The molecule has 2 N–H and O–H groups in total. The van der Waals surface area contributed by atoms with E-state index in [4.69, 9.17) is 0 Å². The van der Waals surface area contributed by atoms with Crippen molar-refractivity contribution in [1.29, 1.82) is 0 Å². The van der Waals surface area contributed by atoms with Crippen LogP contribution in [-0.2, 0) is 10.2 Å². The zero-order valence-corrected chi connectivity index (χ0v) is 13.9. The van der Waals surface area contributed by atoms with Gasteiger partial charge in [-0.1, -0.05) is 26.8 Å². The normalized spacial score (nSPS) is 14.9. The van der Waals surface area contributed by atoms with Gasteiger partial charge in [0.1, 0.15) is 5.75 Å². The third-order valence-electron chi connectivity index (χ3n) is 3.69. The smallest absolute Gasteiger partial charge is 0.310 e. The fourth-order valence-electron chi connectivity index (χ4n) is 2.47. The lowest BCUT2D eigenvalue weighted by Gasteiger charge is -2.27. The number of hydrogen-bond donors (Lipinski definition) is 3. The minimum absolute atomic E-state index is 0.133. The quantitative estimate of drug-likeness (QED) is 0.733. The maximum absolute atomic E-state index is 11.3. The van der Waals surface area contributed by atoms with Crippen molar-refractivity contribution in [2.24, 2.45) is 0 Å². The molecule has 2 atom stereocenters. The van der Waals surface area contributed by atoms with Crippen LogP contribution in [0, 0.1) is 6.92 Å².